The first-order valence-electron chi connectivity index (χ1n) is 18.2. The van der Waals surface area contributed by atoms with Crippen molar-refractivity contribution in [1.29, 1.82) is 0 Å². The predicted octanol–water partition coefficient (Wildman–Crippen LogP) is 10.3. The minimum absolute atomic E-state index is 0.219. The SMILES string of the molecule is CCCCCCCCN1C(=O)c2ccc3c4c(C)cc5c6c(cc(C)c(c7ccc(c2c37)C1=O)c64)C(=O)N(CCCCCCCC)C5=O. The summed E-state index contributed by atoms with van der Waals surface area (Å²) in [6.45, 7) is 9.30. The molecule has 0 fully saturated rings. The van der Waals surface area contributed by atoms with Crippen LogP contribution in [0.5, 0.6) is 0 Å². The van der Waals surface area contributed by atoms with Gasteiger partial charge in [0.2, 0.25) is 0 Å². The number of amides is 4. The standard InChI is InChI=1S/C42H46N2O4/c1-5-7-9-11-13-15-21-43-39(45)29-19-17-27-33-25(3)23-31-37-32(42(48)44(41(31)47)22-16-14-12-10-8-6-2)24-26(4)34(38(33)37)28-18-20-30(40(43)46)36(29)35(27)28/h17-20,23-24H,5-16,21-22H2,1-4H3. The van der Waals surface area contributed by atoms with Gasteiger partial charge in [-0.05, 0) is 94.4 Å². The number of hydrogen-bond donors (Lipinski definition) is 0. The molecular formula is C42H46N2O4. The molecule has 2 aliphatic heterocycles. The zero-order chi connectivity index (χ0) is 33.7. The molecule has 5 aromatic carbocycles. The van der Waals surface area contributed by atoms with Gasteiger partial charge in [0.1, 0.15) is 0 Å². The van der Waals surface area contributed by atoms with E-state index >= 15 is 0 Å². The lowest BCUT2D eigenvalue weighted by atomic mass is 9.79. The van der Waals surface area contributed by atoms with Gasteiger partial charge in [-0.15, -0.1) is 0 Å². The minimum atomic E-state index is -0.226. The minimum Gasteiger partial charge on any atom is -0.274 e. The van der Waals surface area contributed by atoms with Crippen molar-refractivity contribution in [1.82, 2.24) is 9.80 Å². The van der Waals surface area contributed by atoms with E-state index < -0.39 is 0 Å². The molecule has 48 heavy (non-hydrogen) atoms. The fourth-order valence-electron chi connectivity index (χ4n) is 8.48. The van der Waals surface area contributed by atoms with Gasteiger partial charge < -0.3 is 0 Å². The molecule has 6 nitrogen and oxygen atoms in total. The summed E-state index contributed by atoms with van der Waals surface area (Å²) >= 11 is 0. The van der Waals surface area contributed by atoms with Crippen LogP contribution in [0.3, 0.4) is 0 Å². The third-order valence-electron chi connectivity index (χ3n) is 10.9. The normalized spacial score (nSPS) is 14.7. The van der Waals surface area contributed by atoms with E-state index in [-0.39, 0.29) is 23.6 Å². The largest absolute Gasteiger partial charge is 0.274 e. The number of nitrogens with zero attached hydrogens (tertiary/aromatic N) is 2. The maximum Gasteiger partial charge on any atom is 0.261 e. The topological polar surface area (TPSA) is 74.8 Å². The Morgan fingerprint density at radius 1 is 0.417 bits per heavy atom. The second-order valence-electron chi connectivity index (χ2n) is 14.1. The molecule has 248 valence electrons. The Morgan fingerprint density at radius 2 is 0.792 bits per heavy atom. The fraction of sp³-hybridized carbons (Fsp3) is 0.429. The quantitative estimate of drug-likeness (QED) is 0.0523. The van der Waals surface area contributed by atoms with Crippen molar-refractivity contribution in [3.05, 3.63) is 69.8 Å². The zero-order valence-electron chi connectivity index (χ0n) is 28.9. The summed E-state index contributed by atoms with van der Waals surface area (Å²) in [6.07, 6.45) is 13.0. The lowest BCUT2D eigenvalue weighted by molar-refractivity contribution is 0.0592. The van der Waals surface area contributed by atoms with Crippen molar-refractivity contribution in [3.8, 4) is 0 Å². The summed E-state index contributed by atoms with van der Waals surface area (Å²) in [5.74, 6) is -0.891. The van der Waals surface area contributed by atoms with Crippen LogP contribution in [0.2, 0.25) is 0 Å². The first-order valence-corrected chi connectivity index (χ1v) is 18.2. The molecule has 6 heteroatoms. The van der Waals surface area contributed by atoms with Gasteiger partial charge in [-0.2, -0.15) is 0 Å². The van der Waals surface area contributed by atoms with Crippen molar-refractivity contribution in [3.63, 3.8) is 0 Å². The average Bonchev–Trinajstić information content (AvgIpc) is 3.08. The van der Waals surface area contributed by atoms with Gasteiger partial charge in [0.05, 0.1) is 0 Å². The molecule has 5 aromatic rings. The molecule has 0 aromatic heterocycles. The van der Waals surface area contributed by atoms with E-state index in [1.807, 2.05) is 50.2 Å². The fourth-order valence-corrected chi connectivity index (χ4v) is 8.48. The third-order valence-corrected chi connectivity index (χ3v) is 10.9. The number of imide groups is 2. The number of fused-ring (bicyclic) bond motifs is 2. The molecule has 2 aliphatic rings. The van der Waals surface area contributed by atoms with Gasteiger partial charge in [-0.3, -0.25) is 29.0 Å². The third kappa shape index (κ3) is 4.98. The van der Waals surface area contributed by atoms with Crippen molar-refractivity contribution >= 4 is 66.7 Å². The highest BCUT2D eigenvalue weighted by Crippen LogP contribution is 2.48. The van der Waals surface area contributed by atoms with Gasteiger partial charge in [0.15, 0.2) is 0 Å². The summed E-state index contributed by atoms with van der Waals surface area (Å²) in [7, 11) is 0. The van der Waals surface area contributed by atoms with Crippen LogP contribution in [0.15, 0.2) is 36.4 Å². The molecule has 2 heterocycles. The molecule has 0 unspecified atom stereocenters. The summed E-state index contributed by atoms with van der Waals surface area (Å²) in [5.41, 5.74) is 4.19. The van der Waals surface area contributed by atoms with E-state index in [0.29, 0.717) is 40.7 Å². The lowest BCUT2D eigenvalue weighted by Gasteiger charge is -2.31. The van der Waals surface area contributed by atoms with Gasteiger partial charge in [0.25, 0.3) is 23.6 Å². The van der Waals surface area contributed by atoms with E-state index in [9.17, 15) is 19.2 Å². The molecule has 7 rings (SSSR count). The molecule has 0 atom stereocenters. The molecule has 0 radical (unpaired) electrons. The smallest absolute Gasteiger partial charge is 0.261 e. The first-order chi connectivity index (χ1) is 23.3. The molecule has 0 bridgehead atoms. The van der Waals surface area contributed by atoms with Crippen LogP contribution in [0.1, 0.15) is 143 Å². The Kier molecular flexibility index (Phi) is 8.69. The Hall–Kier alpha value is -4.32. The summed E-state index contributed by atoms with van der Waals surface area (Å²) < 4.78 is 0. The second kappa shape index (κ2) is 12.9. The maximum atomic E-state index is 14.0. The van der Waals surface area contributed by atoms with E-state index in [1.165, 1.54) is 48.3 Å². The van der Waals surface area contributed by atoms with Crippen LogP contribution in [0.25, 0.3) is 43.1 Å². The molecule has 0 aliphatic carbocycles. The molecular weight excluding hydrogens is 596 g/mol. The number of carbonyl (C=O) groups is 4. The number of benzene rings is 5. The van der Waals surface area contributed by atoms with Gasteiger partial charge in [-0.25, -0.2) is 0 Å². The van der Waals surface area contributed by atoms with Gasteiger partial charge >= 0.3 is 0 Å². The van der Waals surface area contributed by atoms with Crippen LogP contribution >= 0.6 is 0 Å². The van der Waals surface area contributed by atoms with Crippen LogP contribution < -0.4 is 0 Å². The molecule has 0 spiro atoms. The average molecular weight is 643 g/mol. The van der Waals surface area contributed by atoms with E-state index in [4.69, 9.17) is 0 Å². The lowest BCUT2D eigenvalue weighted by Crippen LogP contribution is -2.41. The first kappa shape index (κ1) is 32.2. The van der Waals surface area contributed by atoms with Crippen molar-refractivity contribution in [2.75, 3.05) is 13.1 Å². The van der Waals surface area contributed by atoms with Crippen LogP contribution in [-0.4, -0.2) is 46.5 Å². The van der Waals surface area contributed by atoms with E-state index in [2.05, 4.69) is 13.8 Å². The van der Waals surface area contributed by atoms with Crippen LogP contribution in [0.4, 0.5) is 0 Å². The summed E-state index contributed by atoms with van der Waals surface area (Å²) in [6, 6.07) is 11.7. The molecule has 0 N–H and O–H groups in total. The van der Waals surface area contributed by atoms with Crippen LogP contribution in [-0.2, 0) is 0 Å². The number of carbonyl (C=O) groups excluding carboxylic acids is 4. The van der Waals surface area contributed by atoms with E-state index in [1.54, 1.807) is 0 Å². The Morgan fingerprint density at radius 3 is 1.23 bits per heavy atom. The van der Waals surface area contributed by atoms with Crippen molar-refractivity contribution < 1.29 is 19.2 Å². The number of hydrogen-bond acceptors (Lipinski definition) is 4. The van der Waals surface area contributed by atoms with Crippen molar-refractivity contribution in [2.45, 2.75) is 105 Å². The van der Waals surface area contributed by atoms with Crippen molar-refractivity contribution in [2.24, 2.45) is 0 Å². The summed E-state index contributed by atoms with van der Waals surface area (Å²) in [4.78, 5) is 58.6. The highest BCUT2D eigenvalue weighted by atomic mass is 16.2. The summed E-state index contributed by atoms with van der Waals surface area (Å²) in [5, 5.41) is 7.11. The van der Waals surface area contributed by atoms with E-state index in [0.717, 1.165) is 87.4 Å². The molecule has 0 saturated carbocycles. The highest BCUT2D eigenvalue weighted by Gasteiger charge is 2.37. The van der Waals surface area contributed by atoms with Gasteiger partial charge in [0, 0.05) is 46.1 Å². The molecule has 4 amide bonds. The second-order valence-corrected chi connectivity index (χ2v) is 14.1. The van der Waals surface area contributed by atoms with Gasteiger partial charge in [-0.1, -0.05) is 90.2 Å². The number of aryl methyl sites for hydroxylation is 2. The predicted molar refractivity (Wildman–Crippen MR) is 195 cm³/mol. The number of unbranched alkanes of at least 4 members (excludes halogenated alkanes) is 10. The van der Waals surface area contributed by atoms with Crippen LogP contribution in [0, 0.1) is 13.8 Å². The maximum absolute atomic E-state index is 14.0. The highest BCUT2D eigenvalue weighted by molar-refractivity contribution is 6.42. The Balaban J connectivity index is 1.33. The zero-order valence-corrected chi connectivity index (χ0v) is 28.9. The molecule has 0 saturated heterocycles. The Labute approximate surface area is 282 Å². The monoisotopic (exact) mass is 642 g/mol. The number of rotatable bonds is 14. The Bertz CT molecular complexity index is 2000.